The van der Waals surface area contributed by atoms with Crippen molar-refractivity contribution in [3.8, 4) is 0 Å². The normalized spacial score (nSPS) is 11.9. The highest BCUT2D eigenvalue weighted by Crippen LogP contribution is 2.20. The van der Waals surface area contributed by atoms with Gasteiger partial charge in [-0.2, -0.15) is 0 Å². The monoisotopic (exact) mass is 307 g/mol. The number of halogens is 2. The predicted octanol–water partition coefficient (Wildman–Crippen LogP) is 2.63. The lowest BCUT2D eigenvalue weighted by molar-refractivity contribution is -0.121. The van der Waals surface area contributed by atoms with Crippen molar-refractivity contribution in [2.75, 3.05) is 11.9 Å². The van der Waals surface area contributed by atoms with Gasteiger partial charge in [0.15, 0.2) is 0 Å². The molecule has 0 bridgehead atoms. The molecule has 2 aromatic rings. The van der Waals surface area contributed by atoms with Gasteiger partial charge in [0.05, 0.1) is 16.6 Å². The average molecular weight is 308 g/mol. The molecule has 0 unspecified atom stereocenters. The van der Waals surface area contributed by atoms with Gasteiger partial charge in [-0.05, 0) is 30.2 Å². The molecule has 1 atom stereocenters. The van der Waals surface area contributed by atoms with Gasteiger partial charge in [-0.3, -0.25) is 9.78 Å². The molecule has 2 rings (SSSR count). The second kappa shape index (κ2) is 7.04. The van der Waals surface area contributed by atoms with Gasteiger partial charge in [-0.15, -0.1) is 0 Å². The average Bonchev–Trinajstić information content (AvgIpc) is 2.46. The third-order valence-electron chi connectivity index (χ3n) is 3.11. The van der Waals surface area contributed by atoms with Crippen LogP contribution >= 0.6 is 11.6 Å². The highest BCUT2D eigenvalue weighted by molar-refractivity contribution is 6.33. The molecule has 0 fully saturated rings. The van der Waals surface area contributed by atoms with Gasteiger partial charge < -0.3 is 11.1 Å². The van der Waals surface area contributed by atoms with E-state index in [1.54, 1.807) is 24.4 Å². The van der Waals surface area contributed by atoms with Crippen molar-refractivity contribution < 1.29 is 9.18 Å². The van der Waals surface area contributed by atoms with Crippen LogP contribution in [0.4, 0.5) is 10.1 Å². The van der Waals surface area contributed by atoms with Gasteiger partial charge in [0.2, 0.25) is 5.91 Å². The van der Waals surface area contributed by atoms with Gasteiger partial charge in [-0.1, -0.05) is 23.7 Å². The number of nitrogens with two attached hydrogens (primary N) is 1. The van der Waals surface area contributed by atoms with Crippen molar-refractivity contribution in [1.82, 2.24) is 4.98 Å². The Kier molecular flexibility index (Phi) is 5.11. The fourth-order valence-corrected chi connectivity index (χ4v) is 2.12. The van der Waals surface area contributed by atoms with Crippen LogP contribution < -0.4 is 11.1 Å². The first-order chi connectivity index (χ1) is 10.1. The summed E-state index contributed by atoms with van der Waals surface area (Å²) in [6.07, 6.45) is 3.56. The Bertz CT molecular complexity index is 619. The van der Waals surface area contributed by atoms with Crippen molar-refractivity contribution >= 4 is 23.2 Å². The van der Waals surface area contributed by atoms with Gasteiger partial charge in [0.25, 0.3) is 0 Å². The summed E-state index contributed by atoms with van der Waals surface area (Å²) in [4.78, 5) is 15.4. The zero-order valence-corrected chi connectivity index (χ0v) is 12.0. The summed E-state index contributed by atoms with van der Waals surface area (Å²) in [5.41, 5.74) is 6.96. The lowest BCUT2D eigenvalue weighted by Gasteiger charge is -2.16. The molecule has 1 heterocycles. The minimum atomic E-state index is -0.419. The van der Waals surface area contributed by atoms with Crippen LogP contribution in [-0.2, 0) is 11.2 Å². The predicted molar refractivity (Wildman–Crippen MR) is 80.5 cm³/mol. The largest absolute Gasteiger partial charge is 0.383 e. The first kappa shape index (κ1) is 15.3. The maximum absolute atomic E-state index is 12.9. The number of hydrogen-bond donors (Lipinski definition) is 2. The van der Waals surface area contributed by atoms with E-state index < -0.39 is 11.8 Å². The van der Waals surface area contributed by atoms with E-state index in [1.807, 2.05) is 0 Å². The number of nitrogens with zero attached hydrogens (tertiary/aromatic N) is 1. The Morgan fingerprint density at radius 2 is 2.05 bits per heavy atom. The van der Waals surface area contributed by atoms with Crippen LogP contribution in [0.3, 0.4) is 0 Å². The number of primary amides is 1. The molecule has 1 aromatic carbocycles. The Hall–Kier alpha value is -2.14. The molecule has 4 nitrogen and oxygen atoms in total. The highest BCUT2D eigenvalue weighted by atomic mass is 35.5. The number of rotatable bonds is 6. The zero-order valence-electron chi connectivity index (χ0n) is 11.2. The molecule has 1 amide bonds. The summed E-state index contributed by atoms with van der Waals surface area (Å²) in [5.74, 6) is -1.15. The maximum atomic E-state index is 12.9. The fourth-order valence-electron chi connectivity index (χ4n) is 1.93. The van der Waals surface area contributed by atoms with Crippen LogP contribution in [0.25, 0.3) is 0 Å². The topological polar surface area (TPSA) is 68.0 Å². The molecule has 110 valence electrons. The standard InChI is InChI=1S/C15H15ClFN3O/c16-13-9-19-6-5-14(13)20-8-11(15(18)21)7-10-1-3-12(17)4-2-10/h1-6,9,11H,7-8H2,(H2,18,21)(H,19,20)/t11-/m1/s1. The third kappa shape index (κ3) is 4.43. The van der Waals surface area contributed by atoms with E-state index >= 15 is 0 Å². The van der Waals surface area contributed by atoms with Crippen LogP contribution in [0.1, 0.15) is 5.56 Å². The SMILES string of the molecule is NC(=O)[C@@H](CNc1ccncc1Cl)Cc1ccc(F)cc1. The lowest BCUT2D eigenvalue weighted by atomic mass is 9.98. The summed E-state index contributed by atoms with van der Waals surface area (Å²) in [6, 6.07) is 7.73. The van der Waals surface area contributed by atoms with E-state index in [9.17, 15) is 9.18 Å². The number of pyridine rings is 1. The summed E-state index contributed by atoms with van der Waals surface area (Å²) in [7, 11) is 0. The van der Waals surface area contributed by atoms with Crippen LogP contribution in [0.15, 0.2) is 42.7 Å². The molecule has 0 aliphatic carbocycles. The first-order valence-electron chi connectivity index (χ1n) is 6.43. The number of hydrogen-bond acceptors (Lipinski definition) is 3. The van der Waals surface area contributed by atoms with Crippen molar-refractivity contribution in [1.29, 1.82) is 0 Å². The van der Waals surface area contributed by atoms with Gasteiger partial charge >= 0.3 is 0 Å². The Labute approximate surface area is 127 Å². The molecule has 6 heteroatoms. The molecule has 21 heavy (non-hydrogen) atoms. The second-order valence-electron chi connectivity index (χ2n) is 4.67. The summed E-state index contributed by atoms with van der Waals surface area (Å²) in [6.45, 7) is 0.344. The van der Waals surface area contributed by atoms with E-state index in [-0.39, 0.29) is 5.82 Å². The van der Waals surface area contributed by atoms with Crippen molar-refractivity contribution in [3.63, 3.8) is 0 Å². The molecule has 0 aliphatic rings. The summed E-state index contributed by atoms with van der Waals surface area (Å²) >= 11 is 5.98. The Morgan fingerprint density at radius 1 is 1.33 bits per heavy atom. The van der Waals surface area contributed by atoms with Gasteiger partial charge in [-0.25, -0.2) is 4.39 Å². The zero-order chi connectivity index (χ0) is 15.2. The number of benzene rings is 1. The first-order valence-corrected chi connectivity index (χ1v) is 6.81. The van der Waals surface area contributed by atoms with Gasteiger partial charge in [0.1, 0.15) is 5.82 Å². The molecule has 0 radical (unpaired) electrons. The Morgan fingerprint density at radius 3 is 2.67 bits per heavy atom. The van der Waals surface area contributed by atoms with Crippen LogP contribution in [-0.4, -0.2) is 17.4 Å². The van der Waals surface area contributed by atoms with Crippen LogP contribution in [0.2, 0.25) is 5.02 Å². The number of aromatic nitrogens is 1. The minimum absolute atomic E-state index is 0.309. The molecule has 0 spiro atoms. The second-order valence-corrected chi connectivity index (χ2v) is 5.07. The Balaban J connectivity index is 2.01. The van der Waals surface area contributed by atoms with Crippen molar-refractivity contribution in [3.05, 3.63) is 59.1 Å². The number of anilines is 1. The molecular weight excluding hydrogens is 293 g/mol. The summed E-state index contributed by atoms with van der Waals surface area (Å²) < 4.78 is 12.9. The van der Waals surface area contributed by atoms with Crippen LogP contribution in [0.5, 0.6) is 0 Å². The van der Waals surface area contributed by atoms with E-state index in [0.717, 1.165) is 5.56 Å². The smallest absolute Gasteiger partial charge is 0.222 e. The van der Waals surface area contributed by atoms with Crippen molar-refractivity contribution in [2.45, 2.75) is 6.42 Å². The van der Waals surface area contributed by atoms with Gasteiger partial charge in [0, 0.05) is 18.9 Å². The quantitative estimate of drug-likeness (QED) is 0.862. The third-order valence-corrected chi connectivity index (χ3v) is 3.41. The maximum Gasteiger partial charge on any atom is 0.222 e. The molecule has 1 aromatic heterocycles. The molecule has 0 saturated heterocycles. The molecule has 0 saturated carbocycles. The fraction of sp³-hybridized carbons (Fsp3) is 0.200. The highest BCUT2D eigenvalue weighted by Gasteiger charge is 2.16. The number of carbonyl (C=O) groups excluding carboxylic acids is 1. The lowest BCUT2D eigenvalue weighted by Crippen LogP contribution is -2.31. The number of amides is 1. The minimum Gasteiger partial charge on any atom is -0.383 e. The van der Waals surface area contributed by atoms with E-state index in [2.05, 4.69) is 10.3 Å². The van der Waals surface area contributed by atoms with E-state index in [4.69, 9.17) is 17.3 Å². The molecular formula is C15H15ClFN3O. The molecule has 3 N–H and O–H groups in total. The summed E-state index contributed by atoms with van der Waals surface area (Å²) in [5, 5.41) is 3.55. The van der Waals surface area contributed by atoms with E-state index in [1.165, 1.54) is 18.3 Å². The molecule has 0 aliphatic heterocycles. The number of carbonyl (C=O) groups is 1. The van der Waals surface area contributed by atoms with E-state index in [0.29, 0.717) is 23.7 Å². The van der Waals surface area contributed by atoms with Crippen LogP contribution in [0, 0.1) is 11.7 Å². The van der Waals surface area contributed by atoms with Crippen molar-refractivity contribution in [2.24, 2.45) is 11.7 Å². The number of nitrogens with one attached hydrogen (secondary N) is 1.